The first-order valence-corrected chi connectivity index (χ1v) is 13.3. The van der Waals surface area contributed by atoms with E-state index < -0.39 is 22.8 Å². The first-order chi connectivity index (χ1) is 17.4. The minimum atomic E-state index is -0.889. The van der Waals surface area contributed by atoms with Crippen LogP contribution in [0.1, 0.15) is 81.1 Å². The van der Waals surface area contributed by atoms with Gasteiger partial charge in [-0.2, -0.15) is 0 Å². The number of hydrogen-bond donors (Lipinski definition) is 4. The van der Waals surface area contributed by atoms with Crippen molar-refractivity contribution in [1.82, 2.24) is 16.0 Å². The zero-order chi connectivity index (χ0) is 29.8. The quantitative estimate of drug-likeness (QED) is 0.180. The number of rotatable bonds is 20. The molecule has 2 amide bonds. The molecule has 0 heterocycles. The number of amides is 2. The molecule has 0 bridgehead atoms. The van der Waals surface area contributed by atoms with Crippen molar-refractivity contribution in [3.8, 4) is 0 Å². The Morgan fingerprint density at radius 3 is 1.79 bits per heavy atom. The largest absolute Gasteiger partial charge is 0.481 e. The van der Waals surface area contributed by atoms with Gasteiger partial charge in [-0.15, -0.1) is 0 Å². The lowest BCUT2D eigenvalue weighted by atomic mass is 10.0. The van der Waals surface area contributed by atoms with Crippen molar-refractivity contribution in [1.29, 1.82) is 0 Å². The lowest BCUT2D eigenvalue weighted by Crippen LogP contribution is -2.41. The summed E-state index contributed by atoms with van der Waals surface area (Å²) in [6.07, 6.45) is 1.97. The molecule has 0 spiro atoms. The van der Waals surface area contributed by atoms with Gasteiger partial charge in [-0.25, -0.2) is 0 Å². The summed E-state index contributed by atoms with van der Waals surface area (Å²) in [7, 11) is 3.75. The Labute approximate surface area is 230 Å². The van der Waals surface area contributed by atoms with Crippen LogP contribution in [0.25, 0.3) is 0 Å². The van der Waals surface area contributed by atoms with Gasteiger partial charge < -0.3 is 40.0 Å². The highest BCUT2D eigenvalue weighted by atomic mass is 16.5. The Bertz CT molecular complexity index is 667. The molecule has 11 heteroatoms. The van der Waals surface area contributed by atoms with Gasteiger partial charge in [0.05, 0.1) is 49.1 Å². The Kier molecular flexibility index (Phi) is 20.4. The fourth-order valence-corrected chi connectivity index (χ4v) is 2.80. The van der Waals surface area contributed by atoms with E-state index >= 15 is 0 Å². The van der Waals surface area contributed by atoms with Gasteiger partial charge in [0.25, 0.3) is 0 Å². The van der Waals surface area contributed by atoms with Crippen molar-refractivity contribution < 1.29 is 38.4 Å². The van der Waals surface area contributed by atoms with Gasteiger partial charge in [0.15, 0.2) is 0 Å². The summed E-state index contributed by atoms with van der Waals surface area (Å²) >= 11 is 0. The average Bonchev–Trinajstić information content (AvgIpc) is 2.75. The van der Waals surface area contributed by atoms with Gasteiger partial charge in [-0.05, 0) is 88.7 Å². The molecule has 0 aliphatic heterocycles. The van der Waals surface area contributed by atoms with Crippen LogP contribution in [-0.2, 0) is 33.3 Å². The fraction of sp³-hybridized carbons (Fsp3) is 0.889. The van der Waals surface area contributed by atoms with Gasteiger partial charge in [0.1, 0.15) is 6.61 Å². The highest BCUT2D eigenvalue weighted by Crippen LogP contribution is 2.19. The minimum absolute atomic E-state index is 0.0329. The van der Waals surface area contributed by atoms with Crippen LogP contribution in [0.3, 0.4) is 0 Å². The summed E-state index contributed by atoms with van der Waals surface area (Å²) < 4.78 is 22.7. The number of carboxylic acid groups (broad SMARTS) is 1. The van der Waals surface area contributed by atoms with Gasteiger partial charge in [0.2, 0.25) is 11.8 Å². The normalized spacial score (nSPS) is 12.1. The lowest BCUT2D eigenvalue weighted by Gasteiger charge is -2.29. The van der Waals surface area contributed by atoms with E-state index in [0.29, 0.717) is 39.0 Å². The number of aliphatic carboxylic acids is 1. The van der Waals surface area contributed by atoms with Crippen LogP contribution in [0, 0.1) is 0 Å². The Hall–Kier alpha value is -1.79. The average molecular weight is 550 g/mol. The zero-order valence-electron chi connectivity index (χ0n) is 25.5. The summed E-state index contributed by atoms with van der Waals surface area (Å²) in [5, 5.41) is 16.8. The number of carbonyl (C=O) groups excluding carboxylic acids is 2. The van der Waals surface area contributed by atoms with Crippen molar-refractivity contribution in [2.24, 2.45) is 0 Å². The maximum absolute atomic E-state index is 12.1. The molecule has 0 fully saturated rings. The number of carbonyl (C=O) groups is 3. The van der Waals surface area contributed by atoms with Gasteiger partial charge in [-0.1, -0.05) is 0 Å². The number of nitrogens with one attached hydrogen (secondary N) is 3. The standard InChI is InChI=1S/C25H48N2O8.C2H7N/c1-19(2)32-15-11-25(7,8)35-18-21(29)27-17-20(28)26-13-10-23(3,4)34-16-12-24(5,6)33-14-9-22(30)31;1-3-2/h19H,9-18H2,1-8H3,(H,26,28)(H,27,29)(H,30,31);3H,1-2H3. The van der Waals surface area contributed by atoms with E-state index in [-0.39, 0.29) is 44.1 Å². The van der Waals surface area contributed by atoms with E-state index in [1.54, 1.807) is 0 Å². The van der Waals surface area contributed by atoms with Crippen LogP contribution in [0.15, 0.2) is 0 Å². The molecule has 4 N–H and O–H groups in total. The van der Waals surface area contributed by atoms with Gasteiger partial charge in [0, 0.05) is 13.2 Å². The fourth-order valence-electron chi connectivity index (χ4n) is 2.80. The molecule has 0 saturated carbocycles. The summed E-state index contributed by atoms with van der Waals surface area (Å²) in [4.78, 5) is 34.7. The minimum Gasteiger partial charge on any atom is -0.481 e. The number of carboxylic acids is 1. The molecule has 0 aromatic rings. The Morgan fingerprint density at radius 1 is 0.737 bits per heavy atom. The highest BCUT2D eigenvalue weighted by Gasteiger charge is 2.23. The second-order valence-electron chi connectivity index (χ2n) is 11.2. The third-order valence-electron chi connectivity index (χ3n) is 5.25. The Morgan fingerprint density at radius 2 is 1.24 bits per heavy atom. The second-order valence-corrected chi connectivity index (χ2v) is 11.2. The van der Waals surface area contributed by atoms with Crippen molar-refractivity contribution in [3.05, 3.63) is 0 Å². The van der Waals surface area contributed by atoms with Crippen LogP contribution in [0.4, 0.5) is 0 Å². The zero-order valence-corrected chi connectivity index (χ0v) is 25.5. The van der Waals surface area contributed by atoms with E-state index in [1.165, 1.54) is 0 Å². The van der Waals surface area contributed by atoms with Gasteiger partial charge in [-0.3, -0.25) is 14.4 Å². The van der Waals surface area contributed by atoms with Crippen LogP contribution in [-0.4, -0.2) is 99.4 Å². The van der Waals surface area contributed by atoms with E-state index in [2.05, 4.69) is 16.0 Å². The lowest BCUT2D eigenvalue weighted by molar-refractivity contribution is -0.140. The van der Waals surface area contributed by atoms with Crippen molar-refractivity contribution in [2.75, 3.05) is 53.6 Å². The second kappa shape index (κ2) is 20.2. The SMILES string of the molecule is CC(C)OCCC(C)(C)OCC(=O)NCC(=O)NCCC(C)(C)OCCC(C)(C)OCCC(=O)O.CNC. The van der Waals surface area contributed by atoms with Crippen molar-refractivity contribution in [3.63, 3.8) is 0 Å². The molecule has 0 aliphatic carbocycles. The maximum Gasteiger partial charge on any atom is 0.305 e. The molecule has 226 valence electrons. The topological polar surface area (TPSA) is 144 Å². The molecule has 11 nitrogen and oxygen atoms in total. The first kappa shape index (κ1) is 38.4. The van der Waals surface area contributed by atoms with E-state index in [9.17, 15) is 14.4 Å². The molecular formula is C27H55N3O8. The first-order valence-electron chi connectivity index (χ1n) is 13.3. The highest BCUT2D eigenvalue weighted by molar-refractivity contribution is 5.85. The molecule has 0 aliphatic rings. The smallest absolute Gasteiger partial charge is 0.305 e. The van der Waals surface area contributed by atoms with Crippen molar-refractivity contribution in [2.45, 2.75) is 104 Å². The predicted octanol–water partition coefficient (Wildman–Crippen LogP) is 2.51. The summed E-state index contributed by atoms with van der Waals surface area (Å²) in [5.74, 6) is -1.53. The molecule has 0 rings (SSSR count). The third-order valence-corrected chi connectivity index (χ3v) is 5.25. The molecule has 38 heavy (non-hydrogen) atoms. The van der Waals surface area contributed by atoms with Crippen LogP contribution < -0.4 is 16.0 Å². The predicted molar refractivity (Wildman–Crippen MR) is 148 cm³/mol. The summed E-state index contributed by atoms with van der Waals surface area (Å²) in [6.45, 7) is 16.7. The number of hydrogen-bond acceptors (Lipinski definition) is 8. The van der Waals surface area contributed by atoms with Crippen LogP contribution in [0.5, 0.6) is 0 Å². The van der Waals surface area contributed by atoms with Crippen molar-refractivity contribution >= 4 is 17.8 Å². The summed E-state index contributed by atoms with van der Waals surface area (Å²) in [6, 6.07) is 0. The third kappa shape index (κ3) is 25.8. The van der Waals surface area contributed by atoms with E-state index in [0.717, 1.165) is 0 Å². The molecular weight excluding hydrogens is 494 g/mol. The van der Waals surface area contributed by atoms with E-state index in [4.69, 9.17) is 24.1 Å². The molecule has 0 atom stereocenters. The molecule has 0 aromatic heterocycles. The molecule has 0 radical (unpaired) electrons. The van der Waals surface area contributed by atoms with Crippen LogP contribution in [0.2, 0.25) is 0 Å². The number of ether oxygens (including phenoxy) is 4. The summed E-state index contributed by atoms with van der Waals surface area (Å²) in [5.41, 5.74) is -1.45. The Balaban J connectivity index is 0. The van der Waals surface area contributed by atoms with Crippen LogP contribution >= 0.6 is 0 Å². The maximum atomic E-state index is 12.1. The monoisotopic (exact) mass is 549 g/mol. The molecule has 0 saturated heterocycles. The van der Waals surface area contributed by atoms with Gasteiger partial charge >= 0.3 is 5.97 Å². The molecule has 0 unspecified atom stereocenters. The van der Waals surface area contributed by atoms with E-state index in [1.807, 2.05) is 69.5 Å². The molecule has 0 aromatic carbocycles.